The van der Waals surface area contributed by atoms with E-state index in [1.165, 1.54) is 0 Å². The second-order valence-corrected chi connectivity index (χ2v) is 13.3. The van der Waals surface area contributed by atoms with Crippen molar-refractivity contribution in [3.05, 3.63) is 24.3 Å². The summed E-state index contributed by atoms with van der Waals surface area (Å²) in [5, 5.41) is 36.5. The molecule has 1 aromatic carbocycles. The maximum atomic E-state index is 12.7. The van der Waals surface area contributed by atoms with Crippen LogP contribution in [0.25, 0.3) is 0 Å². The van der Waals surface area contributed by atoms with Gasteiger partial charge in [-0.1, -0.05) is 20.8 Å². The molecule has 5 rings (SSSR count). The van der Waals surface area contributed by atoms with Gasteiger partial charge in [-0.05, 0) is 122 Å². The Bertz CT molecular complexity index is 967. The molecule has 0 heterocycles. The number of methoxy groups -OCH3 is 1. The number of ether oxygens (including phenoxy) is 1. The molecule has 11 atom stereocenters. The lowest BCUT2D eigenvalue weighted by Gasteiger charge is -2.63. The zero-order valence-corrected chi connectivity index (χ0v) is 23.0. The molecule has 1 amide bonds. The fraction of sp³-hybridized carbons (Fsp3) is 0.774. The van der Waals surface area contributed by atoms with E-state index in [0.29, 0.717) is 36.0 Å². The highest BCUT2D eigenvalue weighted by Crippen LogP contribution is 2.68. The van der Waals surface area contributed by atoms with Crippen LogP contribution in [0, 0.1) is 46.3 Å². The summed E-state index contributed by atoms with van der Waals surface area (Å²) in [5.74, 6) is 2.61. The number of carbonyl (C=O) groups is 1. The Morgan fingerprint density at radius 1 is 1.05 bits per heavy atom. The number of anilines is 1. The molecule has 0 radical (unpaired) electrons. The van der Waals surface area contributed by atoms with Crippen LogP contribution in [0.2, 0.25) is 0 Å². The van der Waals surface area contributed by atoms with Crippen LogP contribution in [-0.2, 0) is 4.79 Å². The lowest BCUT2D eigenvalue weighted by atomic mass is 9.43. The molecule has 4 fully saturated rings. The van der Waals surface area contributed by atoms with Crippen molar-refractivity contribution in [3.8, 4) is 5.75 Å². The topological polar surface area (TPSA) is 99.0 Å². The van der Waals surface area contributed by atoms with Gasteiger partial charge in [0.15, 0.2) is 0 Å². The van der Waals surface area contributed by atoms with Gasteiger partial charge >= 0.3 is 0 Å². The number of fused-ring (bicyclic) bond motifs is 5. The van der Waals surface area contributed by atoms with Gasteiger partial charge in [0.2, 0.25) is 5.91 Å². The number of hydrogen-bond donors (Lipinski definition) is 4. The third-order valence-electron chi connectivity index (χ3n) is 11.7. The highest BCUT2D eigenvalue weighted by Gasteiger charge is 2.65. The minimum Gasteiger partial charge on any atom is -0.497 e. The Kier molecular flexibility index (Phi) is 7.40. The number of amides is 1. The van der Waals surface area contributed by atoms with Gasteiger partial charge < -0.3 is 25.4 Å². The maximum absolute atomic E-state index is 12.7. The number of benzene rings is 1. The molecule has 1 aromatic rings. The molecule has 37 heavy (non-hydrogen) atoms. The predicted molar refractivity (Wildman–Crippen MR) is 144 cm³/mol. The molecule has 11 unspecified atom stereocenters. The Balaban J connectivity index is 1.26. The van der Waals surface area contributed by atoms with Crippen LogP contribution in [0.3, 0.4) is 0 Å². The number of aliphatic hydroxyl groups excluding tert-OH is 3. The molecular formula is C31H47NO5. The Morgan fingerprint density at radius 2 is 1.78 bits per heavy atom. The zero-order chi connectivity index (χ0) is 26.5. The fourth-order valence-corrected chi connectivity index (χ4v) is 9.59. The maximum Gasteiger partial charge on any atom is 0.224 e. The molecule has 0 aliphatic heterocycles. The highest BCUT2D eigenvalue weighted by atomic mass is 16.5. The summed E-state index contributed by atoms with van der Waals surface area (Å²) < 4.78 is 5.19. The lowest BCUT2D eigenvalue weighted by Crippen LogP contribution is -2.62. The monoisotopic (exact) mass is 513 g/mol. The van der Waals surface area contributed by atoms with Gasteiger partial charge in [-0.15, -0.1) is 0 Å². The van der Waals surface area contributed by atoms with E-state index in [-0.39, 0.29) is 34.9 Å². The van der Waals surface area contributed by atoms with E-state index < -0.39 is 6.10 Å². The van der Waals surface area contributed by atoms with Crippen LogP contribution in [0.15, 0.2) is 24.3 Å². The second kappa shape index (κ2) is 10.2. The summed E-state index contributed by atoms with van der Waals surface area (Å²) in [5.41, 5.74) is 0.633. The number of hydrogen-bond acceptors (Lipinski definition) is 5. The van der Waals surface area contributed by atoms with Crippen molar-refractivity contribution in [1.29, 1.82) is 0 Å². The van der Waals surface area contributed by atoms with Crippen LogP contribution < -0.4 is 10.1 Å². The average Bonchev–Trinajstić information content (AvgIpc) is 3.23. The number of aliphatic hydroxyl groups is 3. The van der Waals surface area contributed by atoms with Gasteiger partial charge in [-0.3, -0.25) is 4.79 Å². The van der Waals surface area contributed by atoms with Crippen LogP contribution in [-0.4, -0.2) is 46.6 Å². The van der Waals surface area contributed by atoms with E-state index >= 15 is 0 Å². The first kappa shape index (κ1) is 27.0. The zero-order valence-electron chi connectivity index (χ0n) is 23.0. The summed E-state index contributed by atoms with van der Waals surface area (Å²) in [4.78, 5) is 12.7. The number of nitrogens with one attached hydrogen (secondary N) is 1. The molecular weight excluding hydrogens is 466 g/mol. The Labute approximate surface area is 222 Å². The molecule has 206 valence electrons. The van der Waals surface area contributed by atoms with Crippen molar-refractivity contribution in [3.63, 3.8) is 0 Å². The Hall–Kier alpha value is -1.63. The highest BCUT2D eigenvalue weighted by molar-refractivity contribution is 5.90. The largest absolute Gasteiger partial charge is 0.497 e. The van der Waals surface area contributed by atoms with Crippen molar-refractivity contribution in [1.82, 2.24) is 0 Å². The summed E-state index contributed by atoms with van der Waals surface area (Å²) in [6.07, 6.45) is 6.48. The first-order chi connectivity index (χ1) is 17.6. The standard InChI is InChI=1S/C31H47NO5/c1-18(5-12-28(36)32-20-6-8-22(37-4)9-7-20)23-10-11-24-29-25(17-27(35)31(23,24)3)30(2)14-13-21(33)15-19(30)16-26(29)34/h6-9,18-19,21,23-27,29,33-35H,5,10-17H2,1-4H3,(H,32,36). The van der Waals surface area contributed by atoms with Gasteiger partial charge in [0.1, 0.15) is 5.75 Å². The normalized spacial score (nSPS) is 43.8. The van der Waals surface area contributed by atoms with Crippen LogP contribution in [0.1, 0.15) is 78.6 Å². The van der Waals surface area contributed by atoms with E-state index in [4.69, 9.17) is 4.74 Å². The van der Waals surface area contributed by atoms with Gasteiger partial charge in [0.05, 0.1) is 25.4 Å². The molecule has 6 nitrogen and oxygen atoms in total. The summed E-state index contributed by atoms with van der Waals surface area (Å²) in [6.45, 7) is 6.89. The molecule has 4 N–H and O–H groups in total. The molecule has 4 aliphatic rings. The summed E-state index contributed by atoms with van der Waals surface area (Å²) in [6, 6.07) is 7.39. The Morgan fingerprint density at radius 3 is 2.49 bits per heavy atom. The molecule has 0 aromatic heterocycles. The summed E-state index contributed by atoms with van der Waals surface area (Å²) >= 11 is 0. The van der Waals surface area contributed by atoms with Crippen molar-refractivity contribution in [2.75, 3.05) is 12.4 Å². The van der Waals surface area contributed by atoms with Gasteiger partial charge in [0.25, 0.3) is 0 Å². The van der Waals surface area contributed by atoms with Gasteiger partial charge in [0, 0.05) is 12.1 Å². The van der Waals surface area contributed by atoms with Crippen LogP contribution >= 0.6 is 0 Å². The SMILES string of the molecule is COc1ccc(NC(=O)CCC(C)C2CCC3C4C(O)CC5CC(O)CCC5(C)C4CC(O)C23C)cc1. The molecule has 4 saturated carbocycles. The van der Waals surface area contributed by atoms with E-state index in [1.807, 2.05) is 24.3 Å². The number of carbonyl (C=O) groups excluding carboxylic acids is 1. The van der Waals surface area contributed by atoms with Crippen LogP contribution in [0.4, 0.5) is 5.69 Å². The van der Waals surface area contributed by atoms with Crippen molar-refractivity contribution < 1.29 is 24.9 Å². The molecule has 0 saturated heterocycles. The fourth-order valence-electron chi connectivity index (χ4n) is 9.59. The van der Waals surface area contributed by atoms with Crippen molar-refractivity contribution in [2.45, 2.75) is 96.9 Å². The third-order valence-corrected chi connectivity index (χ3v) is 11.7. The van der Waals surface area contributed by atoms with Crippen molar-refractivity contribution >= 4 is 11.6 Å². The first-order valence-electron chi connectivity index (χ1n) is 14.6. The van der Waals surface area contributed by atoms with Crippen molar-refractivity contribution in [2.24, 2.45) is 46.3 Å². The van der Waals surface area contributed by atoms with E-state index in [9.17, 15) is 20.1 Å². The first-order valence-corrected chi connectivity index (χ1v) is 14.6. The quantitative estimate of drug-likeness (QED) is 0.429. The van der Waals surface area contributed by atoms with Gasteiger partial charge in [-0.25, -0.2) is 0 Å². The molecule has 0 spiro atoms. The third kappa shape index (κ3) is 4.61. The predicted octanol–water partition coefficient (Wildman–Crippen LogP) is 5.01. The molecule has 0 bridgehead atoms. The van der Waals surface area contributed by atoms with Gasteiger partial charge in [-0.2, -0.15) is 0 Å². The second-order valence-electron chi connectivity index (χ2n) is 13.3. The minimum atomic E-state index is -0.392. The summed E-state index contributed by atoms with van der Waals surface area (Å²) in [7, 11) is 1.62. The van der Waals surface area contributed by atoms with E-state index in [0.717, 1.165) is 62.8 Å². The van der Waals surface area contributed by atoms with E-state index in [1.54, 1.807) is 7.11 Å². The molecule has 6 heteroatoms. The lowest BCUT2D eigenvalue weighted by molar-refractivity contribution is -0.207. The van der Waals surface area contributed by atoms with Crippen LogP contribution in [0.5, 0.6) is 5.75 Å². The minimum absolute atomic E-state index is 0.0159. The van der Waals surface area contributed by atoms with E-state index in [2.05, 4.69) is 26.1 Å². The average molecular weight is 514 g/mol. The smallest absolute Gasteiger partial charge is 0.224 e. The molecule has 4 aliphatic carbocycles. The number of rotatable bonds is 6.